The number of primary amides is 1. The smallest absolute Gasteiger partial charge is 0.329 e. The van der Waals surface area contributed by atoms with E-state index in [0.717, 1.165) is 4.90 Å². The molecule has 0 radical (unpaired) electrons. The van der Waals surface area contributed by atoms with Gasteiger partial charge in [0.15, 0.2) is 0 Å². The summed E-state index contributed by atoms with van der Waals surface area (Å²) in [6.45, 7) is 11.5. The molecule has 2 aliphatic heterocycles. The van der Waals surface area contributed by atoms with Crippen molar-refractivity contribution in [2.24, 2.45) is 23.5 Å². The van der Waals surface area contributed by atoms with Gasteiger partial charge in [-0.2, -0.15) is 0 Å². The third kappa shape index (κ3) is 14.9. The Morgan fingerprint density at radius 3 is 2.07 bits per heavy atom. The van der Waals surface area contributed by atoms with Gasteiger partial charge in [-0.1, -0.05) is 90.4 Å². The molecular weight excluding hydrogens is 909 g/mol. The van der Waals surface area contributed by atoms with Gasteiger partial charge in [0.25, 0.3) is 0 Å². The number of hydrogen-bond donors (Lipinski definition) is 9. The number of hydrogen-bond acceptors (Lipinski definition) is 13. The minimum atomic E-state index is -1.87. The Morgan fingerprint density at radius 2 is 1.49 bits per heavy atom. The lowest BCUT2D eigenvalue weighted by Gasteiger charge is -2.44. The Hall–Kier alpha value is -6.61. The number of likely N-dealkylation sites (N-methyl/N-ethyl adjacent to an activating group) is 1. The number of nitrogens with two attached hydrogens (primary N) is 1. The number of aromatic hydroxyl groups is 1. The third-order valence-electron chi connectivity index (χ3n) is 12.6. The zero-order valence-corrected chi connectivity index (χ0v) is 41.0. The fraction of sp³-hybridized carbons (Fsp3) is 0.571. The molecule has 2 fully saturated rings. The number of carbonyl (C=O) groups is 9. The number of aliphatic hydroxyl groups is 2. The number of benzene rings is 2. The van der Waals surface area contributed by atoms with Gasteiger partial charge >= 0.3 is 5.97 Å². The fourth-order valence-electron chi connectivity index (χ4n) is 8.41. The van der Waals surface area contributed by atoms with Crippen LogP contribution in [0.2, 0.25) is 0 Å². The minimum absolute atomic E-state index is 0.0119. The molecule has 11 atom stereocenters. The van der Waals surface area contributed by atoms with Gasteiger partial charge in [0.05, 0.1) is 6.42 Å². The molecule has 0 aromatic heterocycles. The number of nitrogens with one attached hydrogen (secondary N) is 5. The van der Waals surface area contributed by atoms with Gasteiger partial charge in [-0.05, 0) is 67.2 Å². The molecule has 2 aromatic carbocycles. The average molecular weight is 979 g/mol. The van der Waals surface area contributed by atoms with Crippen molar-refractivity contribution in [1.82, 2.24) is 36.4 Å². The Balaban J connectivity index is 1.81. The second kappa shape index (κ2) is 25.3. The largest absolute Gasteiger partial charge is 0.508 e. The summed E-state index contributed by atoms with van der Waals surface area (Å²) >= 11 is 0. The van der Waals surface area contributed by atoms with Crippen molar-refractivity contribution in [2.45, 2.75) is 154 Å². The maximum absolute atomic E-state index is 14.8. The van der Waals surface area contributed by atoms with E-state index in [1.807, 2.05) is 0 Å². The van der Waals surface area contributed by atoms with Crippen LogP contribution >= 0.6 is 0 Å². The molecule has 2 saturated heterocycles. The summed E-state index contributed by atoms with van der Waals surface area (Å²) in [4.78, 5) is 129. The summed E-state index contributed by atoms with van der Waals surface area (Å²) in [5.41, 5.74) is 6.55. The molecule has 70 heavy (non-hydrogen) atoms. The molecule has 8 amide bonds. The van der Waals surface area contributed by atoms with E-state index in [-0.39, 0.29) is 43.8 Å². The first kappa shape index (κ1) is 56.0. The van der Waals surface area contributed by atoms with Crippen LogP contribution in [-0.4, -0.2) is 146 Å². The number of phenolic OH excluding ortho intramolecular Hbond substituents is 1. The van der Waals surface area contributed by atoms with Gasteiger partial charge in [-0.3, -0.25) is 38.4 Å². The number of cyclic esters (lactones) is 1. The van der Waals surface area contributed by atoms with Crippen LogP contribution in [0.3, 0.4) is 0 Å². The first-order valence-corrected chi connectivity index (χ1v) is 23.7. The topological polar surface area (TPSA) is 316 Å². The van der Waals surface area contributed by atoms with Crippen LogP contribution < -0.4 is 32.3 Å². The van der Waals surface area contributed by atoms with Crippen LogP contribution in [0.25, 0.3) is 0 Å². The zero-order chi connectivity index (χ0) is 52.1. The van der Waals surface area contributed by atoms with Gasteiger partial charge in [0, 0.05) is 19.9 Å². The fourth-order valence-corrected chi connectivity index (χ4v) is 8.41. The number of phenols is 1. The molecule has 2 heterocycles. The van der Waals surface area contributed by atoms with Crippen LogP contribution in [0, 0.1) is 17.8 Å². The van der Waals surface area contributed by atoms with Crippen molar-refractivity contribution in [1.29, 1.82) is 0 Å². The molecule has 21 heteroatoms. The standard InChI is InChI=1S/C49H70N8O13/c1-9-27(6)41-48(68)56(8)35(22-29-13-11-10-12-14-29)44(64)54-39(26(4)5)49(69)70-28(7)40(46(66)53-33(21-25(2)3)42(62)51-32-19-20-38(61)57(41)47(32)67)55-43(63)34(24-37(50)60)52-45(65)36(59)23-30-15-17-31(58)18-16-30/h10-18,25-28,32-36,38-41,58-59,61H,9,19-24H2,1-8H3,(H2,50,60)(H,51,62)(H,52,65)(H,53,66)(H,54,64)(H,55,63)/t27-,28+,32-,33-,34-,35-,36+,38+,39-,40-,41-/m0/s1. The van der Waals surface area contributed by atoms with Gasteiger partial charge in [-0.15, -0.1) is 0 Å². The average Bonchev–Trinajstić information content (AvgIpc) is 3.30. The van der Waals surface area contributed by atoms with E-state index in [0.29, 0.717) is 17.5 Å². The van der Waals surface area contributed by atoms with Crippen molar-refractivity contribution in [3.05, 3.63) is 65.7 Å². The monoisotopic (exact) mass is 979 g/mol. The molecule has 0 spiro atoms. The van der Waals surface area contributed by atoms with E-state index >= 15 is 0 Å². The van der Waals surface area contributed by atoms with E-state index in [2.05, 4.69) is 26.6 Å². The first-order chi connectivity index (χ1) is 32.9. The number of fused-ring (bicyclic) bond motifs is 2. The molecule has 0 aliphatic carbocycles. The summed E-state index contributed by atoms with van der Waals surface area (Å²) in [5, 5.41) is 44.5. The molecule has 2 aliphatic rings. The number of piperidine rings is 1. The number of nitrogens with zero attached hydrogens (tertiary/aromatic N) is 2. The summed E-state index contributed by atoms with van der Waals surface area (Å²) in [5.74, 6) is -10.1. The van der Waals surface area contributed by atoms with Crippen molar-refractivity contribution >= 4 is 53.2 Å². The Labute approximate surface area is 408 Å². The lowest BCUT2D eigenvalue weighted by Crippen LogP contribution is -2.66. The van der Waals surface area contributed by atoms with Crippen LogP contribution in [0.5, 0.6) is 5.75 Å². The SMILES string of the molecule is CC[C@H](C)[C@H]1C(=O)N(C)[C@@H](Cc2ccccc2)C(=O)N[C@@H](C(C)C)C(=O)O[C@H](C)[C@H](NC(=O)[C@H](CC(N)=O)NC(=O)[C@H](O)Cc2ccc(O)cc2)C(=O)N[C@@H](CC(C)C)C(=O)N[C@H]2CC[C@@H](O)N1C2=O. The second-order valence-electron chi connectivity index (χ2n) is 19.0. The highest BCUT2D eigenvalue weighted by molar-refractivity contribution is 5.99. The molecule has 0 unspecified atom stereocenters. The Morgan fingerprint density at radius 1 is 0.843 bits per heavy atom. The van der Waals surface area contributed by atoms with Gasteiger partial charge in [0.1, 0.15) is 66.5 Å². The zero-order valence-electron chi connectivity index (χ0n) is 41.0. The summed E-state index contributed by atoms with van der Waals surface area (Å²) in [6.07, 6.45) is -5.66. The molecule has 21 nitrogen and oxygen atoms in total. The van der Waals surface area contributed by atoms with Crippen molar-refractivity contribution in [3.63, 3.8) is 0 Å². The van der Waals surface area contributed by atoms with Crippen LogP contribution in [-0.2, 0) is 60.7 Å². The highest BCUT2D eigenvalue weighted by atomic mass is 16.5. The van der Waals surface area contributed by atoms with E-state index in [1.54, 1.807) is 71.9 Å². The summed E-state index contributed by atoms with van der Waals surface area (Å²) in [6, 6.07) is 4.02. The summed E-state index contributed by atoms with van der Waals surface area (Å²) < 4.78 is 5.84. The maximum atomic E-state index is 14.8. The molecule has 10 N–H and O–H groups in total. The van der Waals surface area contributed by atoms with E-state index in [1.165, 1.54) is 43.1 Å². The Bertz CT molecular complexity index is 2190. The minimum Gasteiger partial charge on any atom is -0.508 e. The van der Waals surface area contributed by atoms with Crippen molar-refractivity contribution in [3.8, 4) is 5.75 Å². The van der Waals surface area contributed by atoms with Crippen LogP contribution in [0.15, 0.2) is 54.6 Å². The highest BCUT2D eigenvalue weighted by Crippen LogP contribution is 2.28. The predicted octanol–water partition coefficient (Wildman–Crippen LogP) is -0.332. The number of amides is 8. The number of esters is 1. The number of aliphatic hydroxyl groups excluding tert-OH is 2. The van der Waals surface area contributed by atoms with Gasteiger partial charge in [-0.25, -0.2) is 4.79 Å². The van der Waals surface area contributed by atoms with Gasteiger partial charge in [0.2, 0.25) is 47.3 Å². The van der Waals surface area contributed by atoms with Crippen LogP contribution in [0.1, 0.15) is 91.7 Å². The number of carbonyl (C=O) groups excluding carboxylic acids is 9. The maximum Gasteiger partial charge on any atom is 0.329 e. The lowest BCUT2D eigenvalue weighted by molar-refractivity contribution is -0.168. The second-order valence-corrected chi connectivity index (χ2v) is 19.0. The molecule has 2 bridgehead atoms. The quantitative estimate of drug-likeness (QED) is 0.103. The first-order valence-electron chi connectivity index (χ1n) is 23.7. The van der Waals surface area contributed by atoms with Crippen molar-refractivity contribution < 1.29 is 63.2 Å². The van der Waals surface area contributed by atoms with Gasteiger partial charge < -0.3 is 62.2 Å². The predicted molar refractivity (Wildman–Crippen MR) is 253 cm³/mol. The molecule has 4 rings (SSSR count). The van der Waals surface area contributed by atoms with Crippen LogP contribution in [0.4, 0.5) is 0 Å². The van der Waals surface area contributed by atoms with E-state index < -0.39 is 132 Å². The van der Waals surface area contributed by atoms with Crippen molar-refractivity contribution in [2.75, 3.05) is 7.05 Å². The third-order valence-corrected chi connectivity index (χ3v) is 12.6. The highest BCUT2D eigenvalue weighted by Gasteiger charge is 2.47. The molecule has 2 aromatic rings. The normalized spacial score (nSPS) is 25.5. The molecule has 384 valence electrons. The lowest BCUT2D eigenvalue weighted by atomic mass is 9.91. The van der Waals surface area contributed by atoms with E-state index in [9.17, 15) is 58.5 Å². The number of rotatable bonds is 15. The number of ether oxygens (including phenoxy) is 1. The molecule has 0 saturated carbocycles. The summed E-state index contributed by atoms with van der Waals surface area (Å²) in [7, 11) is 1.39. The Kier molecular flexibility index (Phi) is 20.2. The van der Waals surface area contributed by atoms with E-state index in [4.69, 9.17) is 10.5 Å². The molecular formula is C49H70N8O13.